The molecule has 114 valence electrons. The van der Waals surface area contributed by atoms with Gasteiger partial charge in [0, 0.05) is 19.6 Å². The van der Waals surface area contributed by atoms with Crippen LogP contribution >= 0.6 is 0 Å². The van der Waals surface area contributed by atoms with Gasteiger partial charge in [-0.25, -0.2) is 9.59 Å². The number of carboxylic acid groups (broad SMARTS) is 1. The molecule has 0 aliphatic carbocycles. The van der Waals surface area contributed by atoms with Crippen LogP contribution in [-0.2, 0) is 4.79 Å². The van der Waals surface area contributed by atoms with E-state index in [-0.39, 0.29) is 12.1 Å². The van der Waals surface area contributed by atoms with E-state index < -0.39 is 12.0 Å². The van der Waals surface area contributed by atoms with Gasteiger partial charge in [-0.1, -0.05) is 6.92 Å². The van der Waals surface area contributed by atoms with Crippen LogP contribution in [0.25, 0.3) is 0 Å². The predicted molar refractivity (Wildman–Crippen MR) is 75.6 cm³/mol. The zero-order valence-corrected chi connectivity index (χ0v) is 12.3. The van der Waals surface area contributed by atoms with Crippen LogP contribution in [0.4, 0.5) is 4.79 Å². The number of urea groups is 1. The molecule has 2 aliphatic heterocycles. The molecule has 2 fully saturated rings. The molecule has 2 N–H and O–H groups in total. The summed E-state index contributed by atoms with van der Waals surface area (Å²) in [6.45, 7) is 4.43. The van der Waals surface area contributed by atoms with E-state index in [0.717, 1.165) is 32.4 Å². The van der Waals surface area contributed by atoms with Crippen molar-refractivity contribution >= 4 is 12.0 Å². The van der Waals surface area contributed by atoms with Crippen molar-refractivity contribution in [1.29, 1.82) is 0 Å². The molecule has 0 spiro atoms. The highest BCUT2D eigenvalue weighted by atomic mass is 16.4. The number of rotatable bonds is 2. The van der Waals surface area contributed by atoms with Crippen LogP contribution in [0, 0.1) is 5.92 Å². The Kier molecular flexibility index (Phi) is 4.86. The van der Waals surface area contributed by atoms with Crippen molar-refractivity contribution in [2.45, 2.75) is 44.7 Å². The van der Waals surface area contributed by atoms with Gasteiger partial charge in [-0.2, -0.15) is 0 Å². The normalized spacial score (nSPS) is 28.2. The van der Waals surface area contributed by atoms with Crippen molar-refractivity contribution in [2.75, 3.05) is 26.7 Å². The number of nitrogens with zero attached hydrogens (tertiary/aromatic N) is 2. The molecule has 0 aromatic rings. The molecule has 2 heterocycles. The van der Waals surface area contributed by atoms with Crippen LogP contribution in [0.3, 0.4) is 0 Å². The molecule has 0 radical (unpaired) electrons. The number of nitrogens with one attached hydrogen (secondary N) is 1. The summed E-state index contributed by atoms with van der Waals surface area (Å²) in [5, 5.41) is 12.6. The van der Waals surface area contributed by atoms with Crippen molar-refractivity contribution in [2.24, 2.45) is 5.92 Å². The predicted octanol–water partition coefficient (Wildman–Crippen LogP) is 0.975. The molecule has 2 saturated heterocycles. The standard InChI is InChI=1S/C14H25N3O3/c1-10-5-8-17(12(9-10)13(18)19)14(20)16(2)11-3-6-15-7-4-11/h10-12,15H,3-9H2,1-2H3,(H,18,19). The highest BCUT2D eigenvalue weighted by Gasteiger charge is 2.37. The summed E-state index contributed by atoms with van der Waals surface area (Å²) >= 11 is 0. The van der Waals surface area contributed by atoms with Gasteiger partial charge in [0.05, 0.1) is 0 Å². The summed E-state index contributed by atoms with van der Waals surface area (Å²) in [6.07, 6.45) is 3.31. The minimum atomic E-state index is -0.886. The lowest BCUT2D eigenvalue weighted by molar-refractivity contribution is -0.144. The maximum atomic E-state index is 12.6. The topological polar surface area (TPSA) is 72.9 Å². The Labute approximate surface area is 120 Å². The average molecular weight is 283 g/mol. The number of piperidine rings is 2. The van der Waals surface area contributed by atoms with Crippen molar-refractivity contribution < 1.29 is 14.7 Å². The number of carbonyl (C=O) groups excluding carboxylic acids is 1. The first kappa shape index (κ1) is 15.1. The molecule has 6 heteroatoms. The summed E-state index contributed by atoms with van der Waals surface area (Å²) in [7, 11) is 1.80. The lowest BCUT2D eigenvalue weighted by Crippen LogP contribution is -2.56. The number of aliphatic carboxylic acids is 1. The lowest BCUT2D eigenvalue weighted by atomic mass is 9.92. The maximum Gasteiger partial charge on any atom is 0.326 e. The first-order valence-electron chi connectivity index (χ1n) is 7.47. The molecule has 0 saturated carbocycles. The molecular formula is C14H25N3O3. The quantitative estimate of drug-likeness (QED) is 0.792. The maximum absolute atomic E-state index is 12.6. The minimum absolute atomic E-state index is 0.129. The molecule has 2 amide bonds. The smallest absolute Gasteiger partial charge is 0.326 e. The number of amides is 2. The fraction of sp³-hybridized carbons (Fsp3) is 0.857. The first-order chi connectivity index (χ1) is 9.50. The van der Waals surface area contributed by atoms with E-state index in [1.54, 1.807) is 16.8 Å². The number of carbonyl (C=O) groups is 2. The largest absolute Gasteiger partial charge is 0.480 e. The van der Waals surface area contributed by atoms with Gasteiger partial charge in [0.25, 0.3) is 0 Å². The monoisotopic (exact) mass is 283 g/mol. The van der Waals surface area contributed by atoms with Crippen LogP contribution in [-0.4, -0.2) is 65.7 Å². The van der Waals surface area contributed by atoms with Crippen LogP contribution in [0.15, 0.2) is 0 Å². The number of carboxylic acids is 1. The summed E-state index contributed by atoms with van der Waals surface area (Å²) in [5.41, 5.74) is 0. The first-order valence-corrected chi connectivity index (χ1v) is 7.47. The van der Waals surface area contributed by atoms with E-state index in [1.165, 1.54) is 0 Å². The van der Waals surface area contributed by atoms with E-state index in [0.29, 0.717) is 18.9 Å². The van der Waals surface area contributed by atoms with Crippen LogP contribution < -0.4 is 5.32 Å². The SMILES string of the molecule is CC1CCN(C(=O)N(C)C2CCNCC2)C(C(=O)O)C1. The molecule has 0 aromatic carbocycles. The van der Waals surface area contributed by atoms with Gasteiger partial charge in [-0.05, 0) is 44.7 Å². The highest BCUT2D eigenvalue weighted by molar-refractivity contribution is 5.83. The molecule has 2 atom stereocenters. The second-order valence-electron chi connectivity index (χ2n) is 6.05. The molecule has 2 unspecified atom stereocenters. The fourth-order valence-electron chi connectivity index (χ4n) is 3.16. The summed E-state index contributed by atoms with van der Waals surface area (Å²) in [6, 6.07) is -0.579. The van der Waals surface area contributed by atoms with Crippen LogP contribution in [0.2, 0.25) is 0 Å². The Morgan fingerprint density at radius 3 is 2.50 bits per heavy atom. The van der Waals surface area contributed by atoms with Gasteiger partial charge in [-0.15, -0.1) is 0 Å². The molecule has 2 rings (SSSR count). The van der Waals surface area contributed by atoms with Gasteiger partial charge in [0.1, 0.15) is 6.04 Å². The van der Waals surface area contributed by atoms with E-state index >= 15 is 0 Å². The van der Waals surface area contributed by atoms with Crippen molar-refractivity contribution in [3.8, 4) is 0 Å². The highest BCUT2D eigenvalue weighted by Crippen LogP contribution is 2.24. The van der Waals surface area contributed by atoms with Gasteiger partial charge in [0.15, 0.2) is 0 Å². The van der Waals surface area contributed by atoms with Gasteiger partial charge in [0.2, 0.25) is 0 Å². The van der Waals surface area contributed by atoms with Crippen LogP contribution in [0.5, 0.6) is 0 Å². The molecule has 6 nitrogen and oxygen atoms in total. The Hall–Kier alpha value is -1.30. The summed E-state index contributed by atoms with van der Waals surface area (Å²) in [4.78, 5) is 27.3. The van der Waals surface area contributed by atoms with Crippen molar-refractivity contribution in [3.63, 3.8) is 0 Å². The van der Waals surface area contributed by atoms with Crippen molar-refractivity contribution in [1.82, 2.24) is 15.1 Å². The average Bonchev–Trinajstić information content (AvgIpc) is 2.46. The third kappa shape index (κ3) is 3.23. The summed E-state index contributed by atoms with van der Waals surface area (Å²) < 4.78 is 0. The van der Waals surface area contributed by atoms with Crippen molar-refractivity contribution in [3.05, 3.63) is 0 Å². The lowest BCUT2D eigenvalue weighted by Gasteiger charge is -2.41. The van der Waals surface area contributed by atoms with E-state index in [1.807, 2.05) is 6.92 Å². The molecule has 0 aromatic heterocycles. The molecule has 0 bridgehead atoms. The zero-order valence-electron chi connectivity index (χ0n) is 12.3. The Morgan fingerprint density at radius 1 is 1.25 bits per heavy atom. The zero-order chi connectivity index (χ0) is 14.7. The molecule has 2 aliphatic rings. The van der Waals surface area contributed by atoms with Gasteiger partial charge >= 0.3 is 12.0 Å². The number of likely N-dealkylation sites (tertiary alicyclic amines) is 1. The second kappa shape index (κ2) is 6.43. The molecule has 20 heavy (non-hydrogen) atoms. The Balaban J connectivity index is 2.03. The second-order valence-corrected chi connectivity index (χ2v) is 6.05. The molecular weight excluding hydrogens is 258 g/mol. The van der Waals surface area contributed by atoms with Gasteiger partial charge in [-0.3, -0.25) is 0 Å². The van der Waals surface area contributed by atoms with Gasteiger partial charge < -0.3 is 20.2 Å². The Morgan fingerprint density at radius 2 is 1.90 bits per heavy atom. The third-order valence-electron chi connectivity index (χ3n) is 4.55. The van der Waals surface area contributed by atoms with E-state index in [9.17, 15) is 14.7 Å². The summed E-state index contributed by atoms with van der Waals surface area (Å²) in [5.74, 6) is -0.520. The fourth-order valence-corrected chi connectivity index (χ4v) is 3.16. The van der Waals surface area contributed by atoms with E-state index in [2.05, 4.69) is 5.32 Å². The minimum Gasteiger partial charge on any atom is -0.480 e. The van der Waals surface area contributed by atoms with Crippen LogP contribution in [0.1, 0.15) is 32.6 Å². The Bertz CT molecular complexity index is 369. The number of hydrogen-bond donors (Lipinski definition) is 2. The number of hydrogen-bond acceptors (Lipinski definition) is 3. The van der Waals surface area contributed by atoms with E-state index in [4.69, 9.17) is 0 Å². The third-order valence-corrected chi connectivity index (χ3v) is 4.55.